The summed E-state index contributed by atoms with van der Waals surface area (Å²) in [7, 11) is 2.03. The van der Waals surface area contributed by atoms with Crippen molar-refractivity contribution in [1.29, 1.82) is 0 Å². The SMILES string of the molecule is CN(Cc1ccccc1Br)c1ccc(N)c(N)c1. The van der Waals surface area contributed by atoms with Gasteiger partial charge in [0.1, 0.15) is 0 Å². The van der Waals surface area contributed by atoms with E-state index in [2.05, 4.69) is 26.9 Å². The lowest BCUT2D eigenvalue weighted by atomic mass is 10.2. The highest BCUT2D eigenvalue weighted by atomic mass is 79.9. The second-order valence-corrected chi connectivity index (χ2v) is 5.12. The topological polar surface area (TPSA) is 55.3 Å². The van der Waals surface area contributed by atoms with Crippen molar-refractivity contribution in [3.8, 4) is 0 Å². The van der Waals surface area contributed by atoms with E-state index in [4.69, 9.17) is 11.5 Å². The first-order chi connectivity index (χ1) is 8.58. The van der Waals surface area contributed by atoms with Crippen LogP contribution >= 0.6 is 15.9 Å². The van der Waals surface area contributed by atoms with Gasteiger partial charge in [0.2, 0.25) is 0 Å². The highest BCUT2D eigenvalue weighted by molar-refractivity contribution is 9.10. The second-order valence-electron chi connectivity index (χ2n) is 4.26. The van der Waals surface area contributed by atoms with Crippen molar-refractivity contribution in [2.75, 3.05) is 23.4 Å². The highest BCUT2D eigenvalue weighted by Crippen LogP contribution is 2.25. The van der Waals surface area contributed by atoms with Gasteiger partial charge in [0.05, 0.1) is 11.4 Å². The Hall–Kier alpha value is -1.68. The molecule has 0 aliphatic rings. The van der Waals surface area contributed by atoms with Gasteiger partial charge in [-0.3, -0.25) is 0 Å². The summed E-state index contributed by atoms with van der Waals surface area (Å²) >= 11 is 3.55. The molecule has 0 saturated heterocycles. The number of benzene rings is 2. The molecule has 4 N–H and O–H groups in total. The van der Waals surface area contributed by atoms with Crippen LogP contribution in [0.25, 0.3) is 0 Å². The molecule has 0 radical (unpaired) electrons. The van der Waals surface area contributed by atoms with Crippen molar-refractivity contribution in [3.63, 3.8) is 0 Å². The number of nitrogen functional groups attached to an aromatic ring is 2. The molecular weight excluding hydrogens is 290 g/mol. The van der Waals surface area contributed by atoms with Crippen molar-refractivity contribution in [3.05, 3.63) is 52.5 Å². The van der Waals surface area contributed by atoms with Crippen molar-refractivity contribution < 1.29 is 0 Å². The molecule has 94 valence electrons. The Morgan fingerprint density at radius 2 is 1.78 bits per heavy atom. The van der Waals surface area contributed by atoms with Gasteiger partial charge in [-0.25, -0.2) is 0 Å². The quantitative estimate of drug-likeness (QED) is 0.856. The third-order valence-corrected chi connectivity index (χ3v) is 3.65. The number of rotatable bonds is 3. The van der Waals surface area contributed by atoms with Crippen molar-refractivity contribution in [1.82, 2.24) is 0 Å². The molecule has 2 aromatic carbocycles. The molecule has 0 heterocycles. The molecule has 4 heteroatoms. The zero-order valence-corrected chi connectivity index (χ0v) is 11.8. The molecular formula is C14H16BrN3. The third kappa shape index (κ3) is 2.76. The molecule has 0 aromatic heterocycles. The van der Waals surface area contributed by atoms with Crippen LogP contribution in [0.1, 0.15) is 5.56 Å². The molecule has 0 spiro atoms. The Morgan fingerprint density at radius 3 is 2.44 bits per heavy atom. The first kappa shape index (κ1) is 12.8. The summed E-state index contributed by atoms with van der Waals surface area (Å²) < 4.78 is 1.11. The summed E-state index contributed by atoms with van der Waals surface area (Å²) in [6, 6.07) is 13.9. The number of nitrogens with zero attached hydrogens (tertiary/aromatic N) is 1. The molecule has 0 bridgehead atoms. The van der Waals surface area contributed by atoms with Crippen molar-refractivity contribution >= 4 is 33.0 Å². The lowest BCUT2D eigenvalue weighted by Gasteiger charge is -2.21. The minimum atomic E-state index is 0.617. The largest absolute Gasteiger partial charge is 0.397 e. The van der Waals surface area contributed by atoms with Gasteiger partial charge in [-0.2, -0.15) is 0 Å². The minimum Gasteiger partial charge on any atom is -0.397 e. The van der Waals surface area contributed by atoms with Gasteiger partial charge in [0.15, 0.2) is 0 Å². The van der Waals surface area contributed by atoms with Crippen LogP contribution in [0, 0.1) is 0 Å². The van der Waals surface area contributed by atoms with Gasteiger partial charge in [0.25, 0.3) is 0 Å². The number of hydrogen-bond donors (Lipinski definition) is 2. The second kappa shape index (κ2) is 5.31. The van der Waals surface area contributed by atoms with Gasteiger partial charge in [0, 0.05) is 23.8 Å². The zero-order valence-electron chi connectivity index (χ0n) is 10.2. The van der Waals surface area contributed by atoms with Crippen molar-refractivity contribution in [2.24, 2.45) is 0 Å². The zero-order chi connectivity index (χ0) is 13.1. The van der Waals surface area contributed by atoms with Gasteiger partial charge >= 0.3 is 0 Å². The lowest BCUT2D eigenvalue weighted by molar-refractivity contribution is 0.919. The first-order valence-electron chi connectivity index (χ1n) is 5.67. The van der Waals surface area contributed by atoms with Crippen LogP contribution in [0.3, 0.4) is 0 Å². The minimum absolute atomic E-state index is 0.617. The van der Waals surface area contributed by atoms with E-state index < -0.39 is 0 Å². The molecule has 3 nitrogen and oxygen atoms in total. The smallest absolute Gasteiger partial charge is 0.0568 e. The monoisotopic (exact) mass is 305 g/mol. The predicted molar refractivity (Wildman–Crippen MR) is 81.5 cm³/mol. The maximum Gasteiger partial charge on any atom is 0.0568 e. The highest BCUT2D eigenvalue weighted by Gasteiger charge is 2.06. The number of hydrogen-bond acceptors (Lipinski definition) is 3. The molecule has 0 aliphatic carbocycles. The summed E-state index contributed by atoms with van der Waals surface area (Å²) in [4.78, 5) is 2.13. The van der Waals surface area contributed by atoms with Crippen LogP contribution in [0.2, 0.25) is 0 Å². The molecule has 0 atom stereocenters. The van der Waals surface area contributed by atoms with E-state index in [0.29, 0.717) is 11.4 Å². The fraction of sp³-hybridized carbons (Fsp3) is 0.143. The van der Waals surface area contributed by atoms with Gasteiger partial charge in [-0.05, 0) is 29.8 Å². The molecule has 0 aliphatic heterocycles. The van der Waals surface area contributed by atoms with Crippen LogP contribution < -0.4 is 16.4 Å². The Kier molecular flexibility index (Phi) is 3.77. The lowest BCUT2D eigenvalue weighted by Crippen LogP contribution is -2.17. The summed E-state index contributed by atoms with van der Waals surface area (Å²) in [5.41, 5.74) is 15.1. The normalized spacial score (nSPS) is 10.3. The molecule has 0 amide bonds. The molecule has 0 unspecified atom stereocenters. The summed E-state index contributed by atoms with van der Waals surface area (Å²) in [5, 5.41) is 0. The standard InChI is InChI=1S/C14H16BrN3/c1-18(9-10-4-2-3-5-12(10)15)11-6-7-13(16)14(17)8-11/h2-8H,9,16-17H2,1H3. The third-order valence-electron chi connectivity index (χ3n) is 2.88. The van der Waals surface area contributed by atoms with E-state index in [0.717, 1.165) is 16.7 Å². The fourth-order valence-electron chi connectivity index (χ4n) is 1.77. The van der Waals surface area contributed by atoms with Crippen LogP contribution in [0.4, 0.5) is 17.1 Å². The number of anilines is 3. The maximum atomic E-state index is 5.82. The van der Waals surface area contributed by atoms with Gasteiger partial charge in [-0.1, -0.05) is 34.1 Å². The average Bonchev–Trinajstić information content (AvgIpc) is 2.35. The van der Waals surface area contributed by atoms with Crippen LogP contribution in [0.15, 0.2) is 46.9 Å². The fourth-order valence-corrected chi connectivity index (χ4v) is 2.18. The van der Waals surface area contributed by atoms with E-state index in [1.807, 2.05) is 43.4 Å². The van der Waals surface area contributed by atoms with Crippen molar-refractivity contribution in [2.45, 2.75) is 6.54 Å². The Bertz CT molecular complexity index is 554. The first-order valence-corrected chi connectivity index (χ1v) is 6.47. The van der Waals surface area contributed by atoms with E-state index in [9.17, 15) is 0 Å². The van der Waals surface area contributed by atoms with Gasteiger partial charge in [-0.15, -0.1) is 0 Å². The van der Waals surface area contributed by atoms with E-state index in [-0.39, 0.29) is 0 Å². The van der Waals surface area contributed by atoms with E-state index >= 15 is 0 Å². The Balaban J connectivity index is 2.19. The summed E-state index contributed by atoms with van der Waals surface area (Å²) in [6.07, 6.45) is 0. The van der Waals surface area contributed by atoms with E-state index in [1.54, 1.807) is 0 Å². The molecule has 2 rings (SSSR count). The average molecular weight is 306 g/mol. The number of halogens is 1. The van der Waals surface area contributed by atoms with E-state index in [1.165, 1.54) is 5.56 Å². The number of nitrogens with two attached hydrogens (primary N) is 2. The summed E-state index contributed by atoms with van der Waals surface area (Å²) in [5.74, 6) is 0. The Labute approximate surface area is 116 Å². The van der Waals surface area contributed by atoms with Crippen LogP contribution in [0.5, 0.6) is 0 Å². The molecule has 2 aromatic rings. The molecule has 18 heavy (non-hydrogen) atoms. The van der Waals surface area contributed by atoms with Gasteiger partial charge < -0.3 is 16.4 Å². The summed E-state index contributed by atoms with van der Waals surface area (Å²) in [6.45, 7) is 0.810. The van der Waals surface area contributed by atoms with Crippen LogP contribution in [-0.4, -0.2) is 7.05 Å². The Morgan fingerprint density at radius 1 is 1.06 bits per heavy atom. The maximum absolute atomic E-state index is 5.82. The molecule has 0 saturated carbocycles. The van der Waals surface area contributed by atoms with Crippen LogP contribution in [-0.2, 0) is 6.54 Å². The molecule has 0 fully saturated rings. The predicted octanol–water partition coefficient (Wildman–Crippen LogP) is 3.25.